The van der Waals surface area contributed by atoms with Gasteiger partial charge in [-0.25, -0.2) is 13.1 Å². The summed E-state index contributed by atoms with van der Waals surface area (Å²) < 4.78 is 24.5. The Labute approximate surface area is 133 Å². The van der Waals surface area contributed by atoms with Crippen molar-refractivity contribution in [1.29, 1.82) is 0 Å². The molecule has 0 saturated heterocycles. The van der Waals surface area contributed by atoms with Crippen LogP contribution in [0.25, 0.3) is 0 Å². The number of carbonyl (C=O) groups is 1. The van der Waals surface area contributed by atoms with E-state index in [0.29, 0.717) is 6.42 Å². The predicted octanol–water partition coefficient (Wildman–Crippen LogP) is 2.89. The van der Waals surface area contributed by atoms with Crippen LogP contribution < -0.4 is 10.0 Å². The second-order valence-corrected chi connectivity index (χ2v) is 8.59. The minimum absolute atomic E-state index is 0.00580. The monoisotopic (exact) mass is 326 g/mol. The van der Waals surface area contributed by atoms with Crippen molar-refractivity contribution in [2.24, 2.45) is 5.41 Å². The molecule has 5 nitrogen and oxygen atoms in total. The number of hydrogen-bond acceptors (Lipinski definition) is 3. The number of anilines is 1. The lowest BCUT2D eigenvalue weighted by Crippen LogP contribution is -2.21. The van der Waals surface area contributed by atoms with E-state index in [1.165, 1.54) is 0 Å². The molecule has 0 heterocycles. The van der Waals surface area contributed by atoms with Crippen LogP contribution in [0, 0.1) is 5.41 Å². The van der Waals surface area contributed by atoms with Crippen molar-refractivity contribution < 1.29 is 13.2 Å². The lowest BCUT2D eigenvalue weighted by Gasteiger charge is -2.17. The van der Waals surface area contributed by atoms with E-state index in [2.05, 4.69) is 30.8 Å². The zero-order valence-corrected chi connectivity index (χ0v) is 14.6. The van der Waals surface area contributed by atoms with Gasteiger partial charge in [0.2, 0.25) is 15.9 Å². The fraction of sp³-hybridized carbons (Fsp3) is 0.562. The normalized spacial score (nSPS) is 12.2. The smallest absolute Gasteiger partial charge is 0.224 e. The molecule has 2 N–H and O–H groups in total. The molecular formula is C16H26N2O3S. The Morgan fingerprint density at radius 2 is 1.73 bits per heavy atom. The third-order valence-electron chi connectivity index (χ3n) is 3.11. The molecule has 0 saturated carbocycles. The van der Waals surface area contributed by atoms with E-state index in [1.54, 1.807) is 24.3 Å². The highest BCUT2D eigenvalue weighted by Crippen LogP contribution is 2.21. The summed E-state index contributed by atoms with van der Waals surface area (Å²) in [6.07, 6.45) is 3.51. The quantitative estimate of drug-likeness (QED) is 0.809. The summed E-state index contributed by atoms with van der Waals surface area (Å²) in [5.74, 6) is 0.00580. The summed E-state index contributed by atoms with van der Waals surface area (Å²) >= 11 is 0. The van der Waals surface area contributed by atoms with Gasteiger partial charge >= 0.3 is 0 Å². The summed E-state index contributed by atoms with van der Waals surface area (Å²) in [5, 5.41) is 2.85. The maximum Gasteiger partial charge on any atom is 0.224 e. The Kier molecular flexibility index (Phi) is 6.56. The molecule has 0 unspecified atom stereocenters. The minimum Gasteiger partial charge on any atom is -0.326 e. The van der Waals surface area contributed by atoms with Crippen molar-refractivity contribution in [3.8, 4) is 0 Å². The average Bonchev–Trinajstić information content (AvgIpc) is 2.35. The van der Waals surface area contributed by atoms with E-state index in [9.17, 15) is 13.2 Å². The number of carbonyl (C=O) groups excluding carboxylic acids is 1. The second-order valence-electron chi connectivity index (χ2n) is 6.75. The Bertz CT molecular complexity index is 587. The topological polar surface area (TPSA) is 75.3 Å². The van der Waals surface area contributed by atoms with Crippen molar-refractivity contribution in [2.75, 3.05) is 11.6 Å². The van der Waals surface area contributed by atoms with Crippen LogP contribution in [-0.4, -0.2) is 20.6 Å². The SMILES string of the molecule is CC(C)(C)CCCC(=O)Nc1ccc(CNS(C)(=O)=O)cc1. The third-order valence-corrected chi connectivity index (χ3v) is 3.78. The molecule has 6 heteroatoms. The molecule has 0 aliphatic rings. The first kappa shape index (κ1) is 18.6. The molecular weight excluding hydrogens is 300 g/mol. The minimum atomic E-state index is -3.19. The summed E-state index contributed by atoms with van der Waals surface area (Å²) in [7, 11) is -3.19. The molecule has 0 aliphatic carbocycles. The van der Waals surface area contributed by atoms with Gasteiger partial charge in [0, 0.05) is 18.7 Å². The van der Waals surface area contributed by atoms with E-state index in [0.717, 1.165) is 30.3 Å². The van der Waals surface area contributed by atoms with E-state index in [1.807, 2.05) is 0 Å². The van der Waals surface area contributed by atoms with Gasteiger partial charge in [0.05, 0.1) is 6.26 Å². The summed E-state index contributed by atoms with van der Waals surface area (Å²) in [4.78, 5) is 11.8. The standard InChI is InChI=1S/C16H26N2O3S/c1-16(2,3)11-5-6-15(19)18-14-9-7-13(8-10-14)12-17-22(4,20)21/h7-10,17H,5-6,11-12H2,1-4H3,(H,18,19). The van der Waals surface area contributed by atoms with Gasteiger partial charge in [-0.1, -0.05) is 32.9 Å². The molecule has 22 heavy (non-hydrogen) atoms. The van der Waals surface area contributed by atoms with Crippen LogP contribution in [0.15, 0.2) is 24.3 Å². The lowest BCUT2D eigenvalue weighted by atomic mass is 9.90. The highest BCUT2D eigenvalue weighted by molar-refractivity contribution is 7.88. The Morgan fingerprint density at radius 1 is 1.14 bits per heavy atom. The molecule has 1 aromatic carbocycles. The van der Waals surface area contributed by atoms with Crippen molar-refractivity contribution in [3.63, 3.8) is 0 Å². The molecule has 124 valence electrons. The Morgan fingerprint density at radius 3 is 2.23 bits per heavy atom. The molecule has 0 bridgehead atoms. The van der Waals surface area contributed by atoms with E-state index < -0.39 is 10.0 Å². The number of sulfonamides is 1. The Balaban J connectivity index is 2.42. The maximum atomic E-state index is 11.8. The number of amides is 1. The highest BCUT2D eigenvalue weighted by Gasteiger charge is 2.11. The van der Waals surface area contributed by atoms with Crippen LogP contribution in [0.4, 0.5) is 5.69 Å². The largest absolute Gasteiger partial charge is 0.326 e. The number of hydrogen-bond donors (Lipinski definition) is 2. The first-order valence-corrected chi connectivity index (χ1v) is 9.28. The molecule has 0 aromatic heterocycles. The molecule has 1 aromatic rings. The van der Waals surface area contributed by atoms with Crippen LogP contribution in [0.5, 0.6) is 0 Å². The van der Waals surface area contributed by atoms with Gasteiger partial charge in [-0.05, 0) is 36.0 Å². The van der Waals surface area contributed by atoms with E-state index >= 15 is 0 Å². The summed E-state index contributed by atoms with van der Waals surface area (Å²) in [5.41, 5.74) is 1.81. The first-order chi connectivity index (χ1) is 10.1. The fourth-order valence-corrected chi connectivity index (χ4v) is 2.35. The van der Waals surface area contributed by atoms with Crippen molar-refractivity contribution >= 4 is 21.6 Å². The molecule has 0 fully saturated rings. The van der Waals surface area contributed by atoms with Gasteiger partial charge in [-0.3, -0.25) is 4.79 Å². The van der Waals surface area contributed by atoms with Gasteiger partial charge in [-0.15, -0.1) is 0 Å². The molecule has 1 rings (SSSR count). The van der Waals surface area contributed by atoms with Gasteiger partial charge in [0.25, 0.3) is 0 Å². The predicted molar refractivity (Wildman–Crippen MR) is 90.1 cm³/mol. The zero-order valence-electron chi connectivity index (χ0n) is 13.8. The van der Waals surface area contributed by atoms with Gasteiger partial charge in [0.1, 0.15) is 0 Å². The van der Waals surface area contributed by atoms with Crippen molar-refractivity contribution in [3.05, 3.63) is 29.8 Å². The van der Waals surface area contributed by atoms with Gasteiger partial charge < -0.3 is 5.32 Å². The summed E-state index contributed by atoms with van der Waals surface area (Å²) in [6, 6.07) is 7.15. The number of rotatable bonds is 7. The molecule has 0 aliphatic heterocycles. The number of nitrogens with one attached hydrogen (secondary N) is 2. The van der Waals surface area contributed by atoms with E-state index in [-0.39, 0.29) is 17.9 Å². The first-order valence-electron chi connectivity index (χ1n) is 7.39. The van der Waals surface area contributed by atoms with Gasteiger partial charge in [-0.2, -0.15) is 0 Å². The van der Waals surface area contributed by atoms with Crippen LogP contribution in [-0.2, 0) is 21.4 Å². The molecule has 0 atom stereocenters. The lowest BCUT2D eigenvalue weighted by molar-refractivity contribution is -0.116. The Hall–Kier alpha value is -1.40. The van der Waals surface area contributed by atoms with Crippen LogP contribution in [0.2, 0.25) is 0 Å². The molecule has 0 spiro atoms. The van der Waals surface area contributed by atoms with Gasteiger partial charge in [0.15, 0.2) is 0 Å². The average molecular weight is 326 g/mol. The van der Waals surface area contributed by atoms with Crippen molar-refractivity contribution in [1.82, 2.24) is 4.72 Å². The van der Waals surface area contributed by atoms with Crippen LogP contribution in [0.3, 0.4) is 0 Å². The number of benzene rings is 1. The van der Waals surface area contributed by atoms with Crippen LogP contribution in [0.1, 0.15) is 45.6 Å². The summed E-state index contributed by atoms with van der Waals surface area (Å²) in [6.45, 7) is 6.73. The van der Waals surface area contributed by atoms with Crippen molar-refractivity contribution in [2.45, 2.75) is 46.6 Å². The van der Waals surface area contributed by atoms with Crippen LogP contribution >= 0.6 is 0 Å². The second kappa shape index (κ2) is 7.74. The van der Waals surface area contributed by atoms with E-state index in [4.69, 9.17) is 0 Å². The molecule has 0 radical (unpaired) electrons. The zero-order chi connectivity index (χ0) is 16.8. The molecule has 1 amide bonds. The maximum absolute atomic E-state index is 11.8. The third kappa shape index (κ3) is 8.79. The highest BCUT2D eigenvalue weighted by atomic mass is 32.2. The fourth-order valence-electron chi connectivity index (χ4n) is 1.92.